The standard InChI is InChI=1S/C16H18NO/c1-18-15-9-5-8-14(12-15)16(17)11-10-13-6-3-2-4-7-13/h2-7,9,12,16H,10-11,17H2,1H3/t16-/m0/s1. The van der Waals surface area contributed by atoms with E-state index in [1.54, 1.807) is 7.11 Å². The van der Waals surface area contributed by atoms with Gasteiger partial charge in [-0.05, 0) is 42.2 Å². The fourth-order valence-corrected chi connectivity index (χ4v) is 1.93. The van der Waals surface area contributed by atoms with Crippen LogP contribution in [0.2, 0.25) is 0 Å². The van der Waals surface area contributed by atoms with Gasteiger partial charge < -0.3 is 10.5 Å². The van der Waals surface area contributed by atoms with Crippen LogP contribution in [0.15, 0.2) is 48.5 Å². The zero-order valence-corrected chi connectivity index (χ0v) is 10.6. The Bertz CT molecular complexity index is 481. The lowest BCUT2D eigenvalue weighted by Gasteiger charge is -2.12. The maximum atomic E-state index is 6.18. The summed E-state index contributed by atoms with van der Waals surface area (Å²) in [5.41, 5.74) is 8.50. The Labute approximate surface area is 108 Å². The molecule has 0 heterocycles. The van der Waals surface area contributed by atoms with Gasteiger partial charge in [-0.2, -0.15) is 0 Å². The molecule has 0 fully saturated rings. The molecule has 2 rings (SSSR count). The molecule has 2 nitrogen and oxygen atoms in total. The first-order chi connectivity index (χ1) is 8.79. The molecule has 18 heavy (non-hydrogen) atoms. The van der Waals surface area contributed by atoms with Crippen molar-refractivity contribution < 1.29 is 4.74 Å². The summed E-state index contributed by atoms with van der Waals surface area (Å²) in [5, 5.41) is 0. The molecule has 0 bridgehead atoms. The predicted octanol–water partition coefficient (Wildman–Crippen LogP) is 3.13. The predicted molar refractivity (Wildman–Crippen MR) is 73.5 cm³/mol. The maximum absolute atomic E-state index is 6.18. The summed E-state index contributed by atoms with van der Waals surface area (Å²) in [5.74, 6) is 0.832. The van der Waals surface area contributed by atoms with Crippen molar-refractivity contribution in [2.24, 2.45) is 5.73 Å². The van der Waals surface area contributed by atoms with Gasteiger partial charge in [-0.15, -0.1) is 0 Å². The van der Waals surface area contributed by atoms with E-state index in [0.29, 0.717) is 0 Å². The van der Waals surface area contributed by atoms with Gasteiger partial charge in [0.15, 0.2) is 0 Å². The summed E-state index contributed by atoms with van der Waals surface area (Å²) in [4.78, 5) is 0. The van der Waals surface area contributed by atoms with Gasteiger partial charge in [-0.25, -0.2) is 0 Å². The minimum Gasteiger partial charge on any atom is -0.497 e. The highest BCUT2D eigenvalue weighted by molar-refractivity contribution is 5.29. The second-order valence-electron chi connectivity index (χ2n) is 4.31. The number of rotatable bonds is 5. The van der Waals surface area contributed by atoms with E-state index in [-0.39, 0.29) is 6.04 Å². The molecule has 2 aromatic rings. The topological polar surface area (TPSA) is 35.2 Å². The van der Waals surface area contributed by atoms with Gasteiger partial charge in [0, 0.05) is 6.04 Å². The van der Waals surface area contributed by atoms with Crippen LogP contribution in [0.5, 0.6) is 5.75 Å². The second-order valence-corrected chi connectivity index (χ2v) is 4.31. The summed E-state index contributed by atoms with van der Waals surface area (Å²) >= 11 is 0. The molecule has 0 aliphatic heterocycles. The Morgan fingerprint density at radius 2 is 2.00 bits per heavy atom. The van der Waals surface area contributed by atoms with Crippen molar-refractivity contribution >= 4 is 0 Å². The highest BCUT2D eigenvalue weighted by Crippen LogP contribution is 2.20. The minimum atomic E-state index is 0.000283. The molecule has 0 saturated heterocycles. The lowest BCUT2D eigenvalue weighted by atomic mass is 10.00. The largest absolute Gasteiger partial charge is 0.497 e. The summed E-state index contributed by atoms with van der Waals surface area (Å²) in [6.45, 7) is 0. The van der Waals surface area contributed by atoms with E-state index in [4.69, 9.17) is 10.5 Å². The third-order valence-electron chi connectivity index (χ3n) is 3.02. The number of nitrogens with two attached hydrogens (primary N) is 1. The van der Waals surface area contributed by atoms with Gasteiger partial charge in [0.05, 0.1) is 7.11 Å². The molecule has 2 heteroatoms. The van der Waals surface area contributed by atoms with Crippen molar-refractivity contribution in [1.29, 1.82) is 0 Å². The Kier molecular flexibility index (Phi) is 4.37. The fraction of sp³-hybridized carbons (Fsp3) is 0.250. The Morgan fingerprint density at radius 1 is 1.22 bits per heavy atom. The van der Waals surface area contributed by atoms with Crippen LogP contribution in [0, 0.1) is 6.07 Å². The third-order valence-corrected chi connectivity index (χ3v) is 3.02. The van der Waals surface area contributed by atoms with Crippen LogP contribution in [0.4, 0.5) is 0 Å². The second kappa shape index (κ2) is 6.22. The van der Waals surface area contributed by atoms with Crippen molar-refractivity contribution in [3.63, 3.8) is 0 Å². The molecule has 0 aliphatic rings. The number of benzene rings is 2. The van der Waals surface area contributed by atoms with E-state index in [9.17, 15) is 0 Å². The van der Waals surface area contributed by atoms with Gasteiger partial charge in [0.1, 0.15) is 5.75 Å². The quantitative estimate of drug-likeness (QED) is 0.871. The number of aryl methyl sites for hydroxylation is 1. The molecule has 1 atom stereocenters. The first kappa shape index (κ1) is 12.7. The van der Waals surface area contributed by atoms with Crippen molar-refractivity contribution in [3.8, 4) is 5.75 Å². The molecule has 1 radical (unpaired) electrons. The molecule has 0 aromatic heterocycles. The summed E-state index contributed by atoms with van der Waals surface area (Å²) in [7, 11) is 1.66. The van der Waals surface area contributed by atoms with Gasteiger partial charge >= 0.3 is 0 Å². The lowest BCUT2D eigenvalue weighted by molar-refractivity contribution is 0.413. The van der Waals surface area contributed by atoms with E-state index >= 15 is 0 Å². The molecule has 0 spiro atoms. The van der Waals surface area contributed by atoms with Gasteiger partial charge in [-0.3, -0.25) is 0 Å². The summed E-state index contributed by atoms with van der Waals surface area (Å²) in [6, 6.07) is 19.3. The van der Waals surface area contributed by atoms with E-state index in [1.165, 1.54) is 5.56 Å². The molecular formula is C16H18NO. The Balaban J connectivity index is 1.97. The Hall–Kier alpha value is -1.80. The first-order valence-corrected chi connectivity index (χ1v) is 6.14. The van der Waals surface area contributed by atoms with Crippen molar-refractivity contribution in [3.05, 3.63) is 65.7 Å². The average Bonchev–Trinajstić information content (AvgIpc) is 2.46. The zero-order chi connectivity index (χ0) is 12.8. The number of methoxy groups -OCH3 is 1. The van der Waals surface area contributed by atoms with Crippen molar-refractivity contribution in [2.45, 2.75) is 18.9 Å². The molecule has 2 N–H and O–H groups in total. The Morgan fingerprint density at radius 3 is 2.72 bits per heavy atom. The molecule has 0 aliphatic carbocycles. The minimum absolute atomic E-state index is 0.000283. The van der Waals surface area contributed by atoms with E-state index in [2.05, 4.69) is 30.3 Å². The smallest absolute Gasteiger partial charge is 0.119 e. The van der Waals surface area contributed by atoms with E-state index in [0.717, 1.165) is 24.2 Å². The SMILES string of the molecule is COc1cc[c]c([C@@H](N)CCc2ccccc2)c1. The lowest BCUT2D eigenvalue weighted by Crippen LogP contribution is -2.11. The highest BCUT2D eigenvalue weighted by Gasteiger charge is 2.07. The van der Waals surface area contributed by atoms with Crippen LogP contribution in [0.25, 0.3) is 0 Å². The monoisotopic (exact) mass is 240 g/mol. The summed E-state index contributed by atoms with van der Waals surface area (Å²) in [6.07, 6.45) is 1.89. The van der Waals surface area contributed by atoms with Crippen LogP contribution in [0.3, 0.4) is 0 Å². The van der Waals surface area contributed by atoms with Crippen LogP contribution >= 0.6 is 0 Å². The van der Waals surface area contributed by atoms with E-state index < -0.39 is 0 Å². The molecule has 0 unspecified atom stereocenters. The highest BCUT2D eigenvalue weighted by atomic mass is 16.5. The zero-order valence-electron chi connectivity index (χ0n) is 10.6. The van der Waals surface area contributed by atoms with E-state index in [1.807, 2.05) is 24.3 Å². The number of hydrogen-bond donors (Lipinski definition) is 1. The van der Waals surface area contributed by atoms with Gasteiger partial charge in [0.2, 0.25) is 0 Å². The van der Waals surface area contributed by atoms with Crippen LogP contribution in [-0.2, 0) is 6.42 Å². The third kappa shape index (κ3) is 3.34. The molecule has 93 valence electrons. The first-order valence-electron chi connectivity index (χ1n) is 6.14. The van der Waals surface area contributed by atoms with Gasteiger partial charge in [-0.1, -0.05) is 36.4 Å². The summed E-state index contributed by atoms with van der Waals surface area (Å²) < 4.78 is 5.19. The van der Waals surface area contributed by atoms with Crippen molar-refractivity contribution in [2.75, 3.05) is 7.11 Å². The van der Waals surface area contributed by atoms with Crippen molar-refractivity contribution in [1.82, 2.24) is 0 Å². The van der Waals surface area contributed by atoms with Gasteiger partial charge in [0.25, 0.3) is 0 Å². The molecule has 0 amide bonds. The molecular weight excluding hydrogens is 222 g/mol. The van der Waals surface area contributed by atoms with Crippen LogP contribution in [0.1, 0.15) is 23.6 Å². The van der Waals surface area contributed by atoms with Crippen LogP contribution in [-0.4, -0.2) is 7.11 Å². The number of ether oxygens (including phenoxy) is 1. The normalized spacial score (nSPS) is 12.1. The van der Waals surface area contributed by atoms with Crippen LogP contribution < -0.4 is 10.5 Å². The molecule has 0 saturated carbocycles. The fourth-order valence-electron chi connectivity index (χ4n) is 1.93. The average molecular weight is 240 g/mol. The number of hydrogen-bond acceptors (Lipinski definition) is 2. The molecule has 2 aromatic carbocycles. The maximum Gasteiger partial charge on any atom is 0.119 e.